The van der Waals surface area contributed by atoms with Crippen LogP contribution in [0, 0.1) is 0 Å². The van der Waals surface area contributed by atoms with E-state index in [4.69, 9.17) is 9.57 Å². The summed E-state index contributed by atoms with van der Waals surface area (Å²) in [5.41, 5.74) is 4.30. The summed E-state index contributed by atoms with van der Waals surface area (Å²) < 4.78 is 5.10. The number of ketones is 1. The van der Waals surface area contributed by atoms with Crippen LogP contribution >= 0.6 is 11.3 Å². The molecule has 0 saturated carbocycles. The van der Waals surface area contributed by atoms with Crippen LogP contribution in [0.25, 0.3) is 11.1 Å². The number of esters is 1. The molecule has 1 unspecified atom stereocenters. The summed E-state index contributed by atoms with van der Waals surface area (Å²) in [5, 5.41) is 7.02. The van der Waals surface area contributed by atoms with E-state index in [1.54, 1.807) is 46.7 Å². The maximum atomic E-state index is 13.2. The van der Waals surface area contributed by atoms with Crippen LogP contribution < -0.4 is 5.32 Å². The first-order chi connectivity index (χ1) is 20.2. The molecule has 0 spiro atoms. The molecular weight excluding hydrogens is 548 g/mol. The van der Waals surface area contributed by atoms with Crippen LogP contribution in [-0.4, -0.2) is 48.4 Å². The molecule has 0 fully saturated rings. The van der Waals surface area contributed by atoms with Crippen molar-refractivity contribution in [1.29, 1.82) is 0 Å². The van der Waals surface area contributed by atoms with Gasteiger partial charge in [0.2, 0.25) is 0 Å². The van der Waals surface area contributed by atoms with Crippen molar-refractivity contribution in [2.75, 3.05) is 19.0 Å². The minimum absolute atomic E-state index is 0.124. The Morgan fingerprint density at radius 1 is 0.952 bits per heavy atom. The molecule has 1 atom stereocenters. The highest BCUT2D eigenvalue weighted by Gasteiger charge is 2.23. The fourth-order valence-electron chi connectivity index (χ4n) is 4.54. The largest absolute Gasteiger partial charge is 0.467 e. The van der Waals surface area contributed by atoms with Crippen molar-refractivity contribution in [3.63, 3.8) is 0 Å². The molecule has 0 aliphatic rings. The van der Waals surface area contributed by atoms with Crippen molar-refractivity contribution < 1.29 is 24.0 Å². The number of rotatable bonds is 13. The number of para-hydroxylation sites is 1. The Hall–Kier alpha value is -4.11. The van der Waals surface area contributed by atoms with Gasteiger partial charge in [0.1, 0.15) is 12.3 Å². The van der Waals surface area contributed by atoms with Gasteiger partial charge in [0.15, 0.2) is 5.78 Å². The topological polar surface area (TPSA) is 84.9 Å². The van der Waals surface area contributed by atoms with Gasteiger partial charge in [-0.25, -0.2) is 4.79 Å². The molecule has 4 rings (SSSR count). The maximum Gasteiger partial charge on any atom is 0.328 e. The Morgan fingerprint density at radius 3 is 2.31 bits per heavy atom. The van der Waals surface area contributed by atoms with Gasteiger partial charge in [-0.2, -0.15) is 5.06 Å². The molecule has 0 amide bonds. The fourth-order valence-corrected chi connectivity index (χ4v) is 5.43. The van der Waals surface area contributed by atoms with Crippen molar-refractivity contribution in [1.82, 2.24) is 5.06 Å². The quantitative estimate of drug-likeness (QED) is 0.0823. The van der Waals surface area contributed by atoms with E-state index in [2.05, 4.69) is 16.8 Å². The smallest absolute Gasteiger partial charge is 0.328 e. The first kappa shape index (κ1) is 30.8. The molecule has 1 heterocycles. The van der Waals surface area contributed by atoms with Crippen LogP contribution in [0.5, 0.6) is 0 Å². The summed E-state index contributed by atoms with van der Waals surface area (Å²) in [6.07, 6.45) is 1.22. The van der Waals surface area contributed by atoms with Gasteiger partial charge in [0.25, 0.3) is 0 Å². The van der Waals surface area contributed by atoms with E-state index in [9.17, 15) is 14.4 Å². The summed E-state index contributed by atoms with van der Waals surface area (Å²) in [5.74, 6) is -0.540. The molecule has 8 heteroatoms. The van der Waals surface area contributed by atoms with E-state index in [0.29, 0.717) is 29.8 Å². The number of hydroxylamine groups is 2. The second-order valence-electron chi connectivity index (χ2n) is 10.9. The standard InChI is InChI=1S/C34H36N2O5S/c1-34(2,3)41-36(18-19-37)22-28-21-27(23-42-28)25-16-14-24(15-17-25)20-31(33(39)40-4)35-30-13-9-8-12-29(30)32(38)26-10-6-5-7-11-26/h5-17,19,21,23,31,35H,18,20,22H2,1-4H3. The summed E-state index contributed by atoms with van der Waals surface area (Å²) in [4.78, 5) is 44.1. The fraction of sp³-hybridized carbons (Fsp3) is 0.265. The predicted molar refractivity (Wildman–Crippen MR) is 167 cm³/mol. The molecule has 3 aromatic carbocycles. The predicted octanol–water partition coefficient (Wildman–Crippen LogP) is 6.57. The van der Waals surface area contributed by atoms with Crippen LogP contribution in [0.2, 0.25) is 0 Å². The molecule has 1 N–H and O–H groups in total. The van der Waals surface area contributed by atoms with Crippen LogP contribution in [0.15, 0.2) is 90.3 Å². The first-order valence-electron chi connectivity index (χ1n) is 13.7. The number of benzene rings is 3. The van der Waals surface area contributed by atoms with E-state index in [-0.39, 0.29) is 12.3 Å². The van der Waals surface area contributed by atoms with Crippen molar-refractivity contribution in [3.05, 3.63) is 112 Å². The number of nitrogens with zero attached hydrogens (tertiary/aromatic N) is 1. The third kappa shape index (κ3) is 8.45. The minimum Gasteiger partial charge on any atom is -0.467 e. The average Bonchev–Trinajstić information content (AvgIpc) is 3.45. The number of aldehydes is 1. The molecule has 218 valence electrons. The van der Waals surface area contributed by atoms with Crippen LogP contribution in [0.3, 0.4) is 0 Å². The number of carbonyl (C=O) groups is 3. The summed E-state index contributed by atoms with van der Waals surface area (Å²) in [6.45, 7) is 6.57. The molecule has 0 bridgehead atoms. The Kier molecular flexibility index (Phi) is 10.4. The number of methoxy groups -OCH3 is 1. The van der Waals surface area contributed by atoms with E-state index in [1.165, 1.54) is 7.11 Å². The number of thiophene rings is 1. The zero-order valence-corrected chi connectivity index (χ0v) is 25.1. The Bertz CT molecular complexity index is 1490. The van der Waals surface area contributed by atoms with E-state index < -0.39 is 17.6 Å². The molecule has 0 aliphatic carbocycles. The first-order valence-corrected chi connectivity index (χ1v) is 14.6. The van der Waals surface area contributed by atoms with Gasteiger partial charge >= 0.3 is 5.97 Å². The van der Waals surface area contributed by atoms with Gasteiger partial charge < -0.3 is 14.8 Å². The molecule has 0 saturated heterocycles. The number of hydrogen-bond acceptors (Lipinski definition) is 8. The molecule has 42 heavy (non-hydrogen) atoms. The third-order valence-corrected chi connectivity index (χ3v) is 7.34. The minimum atomic E-state index is -0.690. The lowest BCUT2D eigenvalue weighted by molar-refractivity contribution is -0.230. The van der Waals surface area contributed by atoms with Gasteiger partial charge in [-0.15, -0.1) is 11.3 Å². The van der Waals surface area contributed by atoms with E-state index in [1.807, 2.05) is 69.3 Å². The van der Waals surface area contributed by atoms with Crippen molar-refractivity contribution in [3.8, 4) is 11.1 Å². The zero-order valence-electron chi connectivity index (χ0n) is 24.3. The second kappa shape index (κ2) is 14.2. The summed E-state index contributed by atoms with van der Waals surface area (Å²) >= 11 is 1.61. The van der Waals surface area contributed by atoms with Crippen molar-refractivity contribution in [2.45, 2.75) is 45.4 Å². The molecular formula is C34H36N2O5S. The summed E-state index contributed by atoms with van der Waals surface area (Å²) in [7, 11) is 1.36. The molecule has 7 nitrogen and oxygen atoms in total. The van der Waals surface area contributed by atoms with Gasteiger partial charge in [-0.1, -0.05) is 66.7 Å². The molecule has 1 aromatic heterocycles. The maximum absolute atomic E-state index is 13.2. The number of carbonyl (C=O) groups excluding carboxylic acids is 3. The van der Waals surface area contributed by atoms with Gasteiger partial charge in [0.05, 0.1) is 25.8 Å². The number of nitrogens with one attached hydrogen (secondary N) is 1. The number of hydrogen-bond donors (Lipinski definition) is 1. The monoisotopic (exact) mass is 584 g/mol. The number of ether oxygens (including phenoxy) is 1. The Labute approximate surface area is 251 Å². The average molecular weight is 585 g/mol. The normalized spacial score (nSPS) is 12.1. The van der Waals surface area contributed by atoms with Crippen LogP contribution in [0.4, 0.5) is 5.69 Å². The SMILES string of the molecule is COC(=O)C(Cc1ccc(-c2csc(CN(CC=O)OC(C)(C)C)c2)cc1)Nc1ccccc1C(=O)c1ccccc1. The highest BCUT2D eigenvalue weighted by molar-refractivity contribution is 7.10. The number of anilines is 1. The van der Waals surface area contributed by atoms with Crippen LogP contribution in [-0.2, 0) is 32.1 Å². The van der Waals surface area contributed by atoms with Gasteiger partial charge in [-0.05, 0) is 61.0 Å². The van der Waals surface area contributed by atoms with Crippen molar-refractivity contribution >= 4 is 35.1 Å². The highest BCUT2D eigenvalue weighted by Crippen LogP contribution is 2.28. The second-order valence-corrected chi connectivity index (χ2v) is 11.9. The van der Waals surface area contributed by atoms with E-state index >= 15 is 0 Å². The molecule has 0 radical (unpaired) electrons. The Balaban J connectivity index is 1.47. The Morgan fingerprint density at radius 2 is 1.64 bits per heavy atom. The zero-order chi connectivity index (χ0) is 30.1. The van der Waals surface area contributed by atoms with Gasteiger partial charge in [-0.3, -0.25) is 9.63 Å². The van der Waals surface area contributed by atoms with Crippen molar-refractivity contribution in [2.24, 2.45) is 0 Å². The third-order valence-electron chi connectivity index (χ3n) is 6.42. The summed E-state index contributed by atoms with van der Waals surface area (Å²) in [6, 6.07) is 25.7. The lowest BCUT2D eigenvalue weighted by Gasteiger charge is -2.28. The molecule has 4 aromatic rings. The lowest BCUT2D eigenvalue weighted by Crippen LogP contribution is -2.34. The van der Waals surface area contributed by atoms with Gasteiger partial charge in [0, 0.05) is 28.1 Å². The van der Waals surface area contributed by atoms with E-state index in [0.717, 1.165) is 27.9 Å². The highest BCUT2D eigenvalue weighted by atomic mass is 32.1. The van der Waals surface area contributed by atoms with Crippen LogP contribution in [0.1, 0.15) is 47.1 Å². The lowest BCUT2D eigenvalue weighted by atomic mass is 9.99. The molecule has 0 aliphatic heterocycles.